The summed E-state index contributed by atoms with van der Waals surface area (Å²) in [5, 5.41) is 8.88. The molecular formula is C16H17BrN8O. The number of nitrogens with one attached hydrogen (secondary N) is 4. The molecule has 0 saturated heterocycles. The summed E-state index contributed by atoms with van der Waals surface area (Å²) in [6.07, 6.45) is 5.92. The Morgan fingerprint density at radius 2 is 1.96 bits per heavy atom. The third-order valence-corrected chi connectivity index (χ3v) is 3.97. The van der Waals surface area contributed by atoms with Gasteiger partial charge >= 0.3 is 6.03 Å². The number of nitrogens with zero attached hydrogens (tertiary/aromatic N) is 3. The van der Waals surface area contributed by atoms with Gasteiger partial charge in [0, 0.05) is 42.4 Å². The third kappa shape index (κ3) is 4.93. The maximum Gasteiger partial charge on any atom is 0.316 e. The van der Waals surface area contributed by atoms with E-state index in [1.54, 1.807) is 43.0 Å². The summed E-state index contributed by atoms with van der Waals surface area (Å²) >= 11 is 3.44. The summed E-state index contributed by atoms with van der Waals surface area (Å²) < 4.78 is 0.772. The van der Waals surface area contributed by atoms with Gasteiger partial charge in [-0.25, -0.2) is 14.8 Å². The number of hydrogen-bond acceptors (Lipinski definition) is 6. The molecule has 0 atom stereocenters. The number of benzene rings is 1. The highest BCUT2D eigenvalue weighted by atomic mass is 79.9. The van der Waals surface area contributed by atoms with E-state index in [2.05, 4.69) is 51.8 Å². The van der Waals surface area contributed by atoms with Crippen molar-refractivity contribution < 1.29 is 4.79 Å². The number of aromatic nitrogens is 4. The molecular weight excluding hydrogens is 400 g/mol. The van der Waals surface area contributed by atoms with E-state index in [0.717, 1.165) is 22.3 Å². The van der Waals surface area contributed by atoms with Gasteiger partial charge in [0.1, 0.15) is 5.82 Å². The van der Waals surface area contributed by atoms with Crippen molar-refractivity contribution in [2.24, 2.45) is 5.73 Å². The van der Waals surface area contributed by atoms with Crippen molar-refractivity contribution in [2.75, 3.05) is 22.5 Å². The van der Waals surface area contributed by atoms with Crippen molar-refractivity contribution in [1.82, 2.24) is 19.9 Å². The van der Waals surface area contributed by atoms with Crippen LogP contribution in [0.15, 0.2) is 47.5 Å². The van der Waals surface area contributed by atoms with Crippen LogP contribution >= 0.6 is 15.9 Å². The minimum atomic E-state index is -0.604. The molecule has 10 heteroatoms. The molecule has 0 fully saturated rings. The van der Waals surface area contributed by atoms with Crippen molar-refractivity contribution in [3.05, 3.63) is 53.2 Å². The molecule has 2 aromatic heterocycles. The lowest BCUT2D eigenvalue weighted by Crippen LogP contribution is -2.19. The zero-order valence-corrected chi connectivity index (χ0v) is 15.2. The van der Waals surface area contributed by atoms with Crippen LogP contribution in [0.25, 0.3) is 0 Å². The average Bonchev–Trinajstić information content (AvgIpc) is 3.12. The molecule has 9 nitrogen and oxygen atoms in total. The number of H-pyrrole nitrogens is 1. The fourth-order valence-electron chi connectivity index (χ4n) is 2.20. The van der Waals surface area contributed by atoms with Crippen LogP contribution in [0.5, 0.6) is 0 Å². The summed E-state index contributed by atoms with van der Waals surface area (Å²) in [6.45, 7) is 0.699. The van der Waals surface area contributed by atoms with Gasteiger partial charge in [-0.1, -0.05) is 0 Å². The minimum absolute atomic E-state index is 0.452. The molecule has 0 aliphatic carbocycles. The molecule has 0 radical (unpaired) electrons. The normalized spacial score (nSPS) is 10.3. The van der Waals surface area contributed by atoms with E-state index in [0.29, 0.717) is 24.0 Å². The first-order valence-electron chi connectivity index (χ1n) is 7.77. The van der Waals surface area contributed by atoms with Crippen LogP contribution in [0, 0.1) is 0 Å². The molecule has 2 heterocycles. The van der Waals surface area contributed by atoms with Gasteiger partial charge in [0.15, 0.2) is 0 Å². The van der Waals surface area contributed by atoms with Crippen LogP contribution in [0.3, 0.4) is 0 Å². The molecule has 2 amide bonds. The predicted octanol–water partition coefficient (Wildman–Crippen LogP) is 2.85. The van der Waals surface area contributed by atoms with Crippen LogP contribution in [-0.2, 0) is 6.42 Å². The highest BCUT2D eigenvalue weighted by molar-refractivity contribution is 9.10. The number of urea groups is 1. The van der Waals surface area contributed by atoms with E-state index in [4.69, 9.17) is 5.73 Å². The molecule has 3 rings (SSSR count). The van der Waals surface area contributed by atoms with Gasteiger partial charge in [0.05, 0.1) is 10.8 Å². The fraction of sp³-hybridized carbons (Fsp3) is 0.125. The van der Waals surface area contributed by atoms with E-state index in [1.807, 2.05) is 0 Å². The number of imidazole rings is 1. The topological polar surface area (TPSA) is 134 Å². The molecule has 0 bridgehead atoms. The SMILES string of the molecule is NC(=O)Nc1ccc(Nc2ncc(Br)c(NCCc3cnc[nH]3)n2)cc1. The van der Waals surface area contributed by atoms with Gasteiger partial charge in [-0.2, -0.15) is 4.98 Å². The Morgan fingerprint density at radius 3 is 2.65 bits per heavy atom. The number of hydrogen-bond donors (Lipinski definition) is 5. The molecule has 0 unspecified atom stereocenters. The lowest BCUT2D eigenvalue weighted by atomic mass is 10.3. The second kappa shape index (κ2) is 8.30. The second-order valence-corrected chi connectivity index (χ2v) is 6.19. The number of aromatic amines is 1. The van der Waals surface area contributed by atoms with E-state index < -0.39 is 6.03 Å². The van der Waals surface area contributed by atoms with Crippen LogP contribution < -0.4 is 21.7 Å². The molecule has 6 N–H and O–H groups in total. The number of carbonyl (C=O) groups is 1. The predicted molar refractivity (Wildman–Crippen MR) is 103 cm³/mol. The number of rotatable bonds is 7. The number of primary amides is 1. The number of nitrogens with two attached hydrogens (primary N) is 1. The summed E-state index contributed by atoms with van der Waals surface area (Å²) in [5.74, 6) is 1.14. The van der Waals surface area contributed by atoms with Gasteiger partial charge in [-0.15, -0.1) is 0 Å². The number of halogens is 1. The van der Waals surface area contributed by atoms with Crippen LogP contribution in [-0.4, -0.2) is 32.5 Å². The van der Waals surface area contributed by atoms with Crippen molar-refractivity contribution >= 4 is 45.1 Å². The average molecular weight is 417 g/mol. The Morgan fingerprint density at radius 1 is 1.19 bits per heavy atom. The van der Waals surface area contributed by atoms with Gasteiger partial charge in [0.25, 0.3) is 0 Å². The van der Waals surface area contributed by atoms with Gasteiger partial charge in [-0.3, -0.25) is 0 Å². The highest BCUT2D eigenvalue weighted by Gasteiger charge is 2.06. The molecule has 1 aromatic carbocycles. The molecule has 0 aliphatic heterocycles. The maximum absolute atomic E-state index is 10.8. The molecule has 134 valence electrons. The standard InChI is InChI=1S/C16H17BrN8O/c17-13-8-21-16(24-11-3-1-10(2-4-11)23-15(18)26)25-14(13)20-6-5-12-7-19-9-22-12/h1-4,7-9H,5-6H2,(H,19,22)(H3,18,23,26)(H2,20,21,24,25). The first-order valence-corrected chi connectivity index (χ1v) is 8.56. The summed E-state index contributed by atoms with van der Waals surface area (Å²) in [7, 11) is 0. The molecule has 0 aliphatic rings. The molecule has 0 spiro atoms. The minimum Gasteiger partial charge on any atom is -0.369 e. The highest BCUT2D eigenvalue weighted by Crippen LogP contribution is 2.22. The first-order chi connectivity index (χ1) is 12.6. The summed E-state index contributed by atoms with van der Waals surface area (Å²) in [6, 6.07) is 6.45. The fourth-order valence-corrected chi connectivity index (χ4v) is 2.53. The summed E-state index contributed by atoms with van der Waals surface area (Å²) in [5.41, 5.74) is 7.53. The van der Waals surface area contributed by atoms with E-state index in [9.17, 15) is 4.79 Å². The Kier molecular flexibility index (Phi) is 5.64. The Bertz CT molecular complexity index is 866. The lowest BCUT2D eigenvalue weighted by Gasteiger charge is -2.10. The number of carbonyl (C=O) groups excluding carboxylic acids is 1. The van der Waals surface area contributed by atoms with Crippen LogP contribution in [0.1, 0.15) is 5.69 Å². The number of anilines is 4. The smallest absolute Gasteiger partial charge is 0.316 e. The van der Waals surface area contributed by atoms with Crippen molar-refractivity contribution in [3.63, 3.8) is 0 Å². The van der Waals surface area contributed by atoms with Crippen LogP contribution in [0.4, 0.5) is 27.9 Å². The summed E-state index contributed by atoms with van der Waals surface area (Å²) in [4.78, 5) is 26.6. The quantitative estimate of drug-likeness (QED) is 0.402. The first kappa shape index (κ1) is 17.7. The van der Waals surface area contributed by atoms with Gasteiger partial charge < -0.3 is 26.7 Å². The zero-order chi connectivity index (χ0) is 18.4. The van der Waals surface area contributed by atoms with Gasteiger partial charge in [-0.05, 0) is 40.2 Å². The lowest BCUT2D eigenvalue weighted by molar-refractivity contribution is 0.259. The van der Waals surface area contributed by atoms with Gasteiger partial charge in [0.2, 0.25) is 5.95 Å². The van der Waals surface area contributed by atoms with Crippen LogP contribution in [0.2, 0.25) is 0 Å². The Hall–Kier alpha value is -3.14. The van der Waals surface area contributed by atoms with Crippen molar-refractivity contribution in [1.29, 1.82) is 0 Å². The van der Waals surface area contributed by atoms with E-state index in [-0.39, 0.29) is 0 Å². The monoisotopic (exact) mass is 416 g/mol. The number of amides is 2. The van der Waals surface area contributed by atoms with Crippen molar-refractivity contribution in [2.45, 2.75) is 6.42 Å². The maximum atomic E-state index is 10.8. The molecule has 3 aromatic rings. The second-order valence-electron chi connectivity index (χ2n) is 5.34. The van der Waals surface area contributed by atoms with Crippen molar-refractivity contribution in [3.8, 4) is 0 Å². The largest absolute Gasteiger partial charge is 0.369 e. The van der Waals surface area contributed by atoms with E-state index >= 15 is 0 Å². The Labute approximate surface area is 158 Å². The van der Waals surface area contributed by atoms with E-state index in [1.165, 1.54) is 0 Å². The zero-order valence-electron chi connectivity index (χ0n) is 13.7. The molecule has 0 saturated carbocycles. The third-order valence-electron chi connectivity index (χ3n) is 3.39. The molecule has 26 heavy (non-hydrogen) atoms. The Balaban J connectivity index is 1.62.